The largest absolute Gasteiger partial charge is 0.465 e. The molecule has 0 unspecified atom stereocenters. The van der Waals surface area contributed by atoms with Gasteiger partial charge in [-0.05, 0) is 17.7 Å². The van der Waals surface area contributed by atoms with E-state index < -0.39 is 23.7 Å². The Bertz CT molecular complexity index is 566. The van der Waals surface area contributed by atoms with Gasteiger partial charge in [0.15, 0.2) is 0 Å². The molecular formula is C11H13ClF4N4O2. The lowest BCUT2D eigenvalue weighted by atomic mass is 10.1. The predicted octanol–water partition coefficient (Wildman–Crippen LogP) is 2.20. The summed E-state index contributed by atoms with van der Waals surface area (Å²) in [4.78, 5) is 11.7. The third-order valence-corrected chi connectivity index (χ3v) is 2.46. The quantitative estimate of drug-likeness (QED) is 0.252. The molecule has 22 heavy (non-hydrogen) atoms. The van der Waals surface area contributed by atoms with Gasteiger partial charge in [-0.1, -0.05) is 6.07 Å². The van der Waals surface area contributed by atoms with E-state index in [9.17, 15) is 22.4 Å². The number of guanidine groups is 1. The van der Waals surface area contributed by atoms with Gasteiger partial charge in [0.25, 0.3) is 0 Å². The number of hydrazone groups is 1. The molecule has 0 saturated carbocycles. The molecule has 1 aromatic rings. The van der Waals surface area contributed by atoms with Gasteiger partial charge >= 0.3 is 12.3 Å². The highest BCUT2D eigenvalue weighted by molar-refractivity contribution is 5.92. The number of nitrogens with one attached hydrogen (secondary N) is 1. The van der Waals surface area contributed by atoms with E-state index in [1.807, 2.05) is 5.32 Å². The van der Waals surface area contributed by atoms with Gasteiger partial charge in [0.2, 0.25) is 5.96 Å². The topological polar surface area (TPSA) is 91.0 Å². The number of carbonyl (C=O) groups is 1. The van der Waals surface area contributed by atoms with E-state index >= 15 is 0 Å². The number of amides is 1. The first-order chi connectivity index (χ1) is 9.65. The molecule has 0 aromatic heterocycles. The molecule has 1 amide bonds. The third kappa shape index (κ3) is 5.28. The second-order valence-corrected chi connectivity index (χ2v) is 4.05. The van der Waals surface area contributed by atoms with Crippen molar-refractivity contribution < 1.29 is 27.5 Å². The number of hydrogen-bond acceptors (Lipinski definition) is 3. The number of hydrogen-bond donors (Lipinski definition) is 3. The summed E-state index contributed by atoms with van der Waals surface area (Å²) in [6.07, 6.45) is -6.25. The highest BCUT2D eigenvalue weighted by atomic mass is 35.5. The van der Waals surface area contributed by atoms with Crippen LogP contribution >= 0.6 is 12.4 Å². The minimum Gasteiger partial charge on any atom is -0.465 e. The van der Waals surface area contributed by atoms with Crippen molar-refractivity contribution in [3.63, 3.8) is 0 Å². The lowest BCUT2D eigenvalue weighted by Gasteiger charge is -2.20. The van der Waals surface area contributed by atoms with E-state index in [4.69, 9.17) is 10.9 Å². The second-order valence-electron chi connectivity index (χ2n) is 4.05. The monoisotopic (exact) mass is 344 g/mol. The van der Waals surface area contributed by atoms with Crippen molar-refractivity contribution in [2.75, 3.05) is 7.05 Å². The summed E-state index contributed by atoms with van der Waals surface area (Å²) in [6.45, 7) is -0.153. The Kier molecular flexibility index (Phi) is 6.91. The van der Waals surface area contributed by atoms with Gasteiger partial charge in [-0.2, -0.15) is 13.2 Å². The van der Waals surface area contributed by atoms with Crippen LogP contribution < -0.4 is 11.2 Å². The van der Waals surface area contributed by atoms with Gasteiger partial charge in [0.1, 0.15) is 5.82 Å². The van der Waals surface area contributed by atoms with Gasteiger partial charge in [0, 0.05) is 13.6 Å². The zero-order valence-electron chi connectivity index (χ0n) is 11.2. The second kappa shape index (κ2) is 7.69. The van der Waals surface area contributed by atoms with Crippen molar-refractivity contribution in [2.24, 2.45) is 10.9 Å². The highest BCUT2D eigenvalue weighted by Crippen LogP contribution is 2.32. The summed E-state index contributed by atoms with van der Waals surface area (Å²) in [5.74, 6) is 3.33. The molecule has 0 heterocycles. The highest BCUT2D eigenvalue weighted by Gasteiger charge is 2.34. The molecule has 0 spiro atoms. The smallest absolute Gasteiger partial charge is 0.419 e. The van der Waals surface area contributed by atoms with E-state index in [1.165, 1.54) is 11.9 Å². The number of benzene rings is 1. The average Bonchev–Trinajstić information content (AvgIpc) is 2.36. The zero-order chi connectivity index (χ0) is 16.2. The molecule has 0 aliphatic carbocycles. The molecule has 124 valence electrons. The Labute approximate surface area is 129 Å². The third-order valence-electron chi connectivity index (χ3n) is 2.46. The lowest BCUT2D eigenvalue weighted by Crippen LogP contribution is -2.41. The molecule has 6 nitrogen and oxygen atoms in total. The van der Waals surface area contributed by atoms with Crippen LogP contribution in [0.2, 0.25) is 0 Å². The fourth-order valence-corrected chi connectivity index (χ4v) is 1.56. The van der Waals surface area contributed by atoms with Crippen molar-refractivity contribution in [1.29, 1.82) is 0 Å². The van der Waals surface area contributed by atoms with Crippen LogP contribution in [0.25, 0.3) is 0 Å². The molecule has 0 radical (unpaired) electrons. The Morgan fingerprint density at radius 3 is 2.50 bits per heavy atom. The first-order valence-electron chi connectivity index (χ1n) is 5.49. The SMILES string of the molecule is CN(Cc1ccc(F)c(C(F)(F)F)c1)C(=NN)NC(=O)O.Cl. The fourth-order valence-electron chi connectivity index (χ4n) is 1.56. The summed E-state index contributed by atoms with van der Waals surface area (Å²) in [5.41, 5.74) is -1.29. The van der Waals surface area contributed by atoms with E-state index in [0.717, 1.165) is 6.07 Å². The average molecular weight is 345 g/mol. The van der Waals surface area contributed by atoms with E-state index in [1.54, 1.807) is 0 Å². The predicted molar refractivity (Wildman–Crippen MR) is 72.9 cm³/mol. The van der Waals surface area contributed by atoms with Crippen LogP contribution in [0.15, 0.2) is 23.3 Å². The van der Waals surface area contributed by atoms with Gasteiger partial charge < -0.3 is 15.8 Å². The minimum absolute atomic E-state index is 0. The van der Waals surface area contributed by atoms with Gasteiger partial charge in [-0.25, -0.2) is 9.18 Å². The molecule has 0 fully saturated rings. The summed E-state index contributed by atoms with van der Waals surface area (Å²) in [6, 6.07) is 2.48. The van der Waals surface area contributed by atoms with Crippen molar-refractivity contribution >= 4 is 24.5 Å². The van der Waals surface area contributed by atoms with Crippen LogP contribution in [0, 0.1) is 5.82 Å². The minimum atomic E-state index is -4.82. The Morgan fingerprint density at radius 2 is 2.05 bits per heavy atom. The summed E-state index contributed by atoms with van der Waals surface area (Å²) < 4.78 is 50.9. The van der Waals surface area contributed by atoms with Crippen molar-refractivity contribution in [2.45, 2.75) is 12.7 Å². The maximum atomic E-state index is 13.1. The van der Waals surface area contributed by atoms with E-state index in [2.05, 4.69) is 5.10 Å². The van der Waals surface area contributed by atoms with Gasteiger partial charge in [-0.3, -0.25) is 5.32 Å². The van der Waals surface area contributed by atoms with Gasteiger partial charge in [-0.15, -0.1) is 17.5 Å². The first-order valence-corrected chi connectivity index (χ1v) is 5.49. The van der Waals surface area contributed by atoms with Crippen LogP contribution in [-0.2, 0) is 12.7 Å². The molecule has 1 rings (SSSR count). The first kappa shape index (κ1) is 19.8. The molecule has 0 saturated heterocycles. The number of alkyl halides is 3. The summed E-state index contributed by atoms with van der Waals surface area (Å²) in [5, 5.41) is 13.6. The molecule has 0 aliphatic rings. The Hall–Kier alpha value is -2.23. The molecule has 0 bridgehead atoms. The van der Waals surface area contributed by atoms with Crippen molar-refractivity contribution in [3.8, 4) is 0 Å². The number of halogens is 5. The Balaban J connectivity index is 0.00000441. The van der Waals surface area contributed by atoms with Crippen molar-refractivity contribution in [3.05, 3.63) is 35.1 Å². The van der Waals surface area contributed by atoms with Crippen LogP contribution in [-0.4, -0.2) is 29.1 Å². The summed E-state index contributed by atoms with van der Waals surface area (Å²) in [7, 11) is 1.36. The maximum absolute atomic E-state index is 13.1. The number of nitrogens with two attached hydrogens (primary N) is 1. The zero-order valence-corrected chi connectivity index (χ0v) is 12.0. The fraction of sp³-hybridized carbons (Fsp3) is 0.273. The number of carboxylic acid groups (broad SMARTS) is 1. The molecule has 11 heteroatoms. The molecule has 1 aromatic carbocycles. The number of nitrogens with zero attached hydrogens (tertiary/aromatic N) is 2. The van der Waals surface area contributed by atoms with Crippen LogP contribution in [0.3, 0.4) is 0 Å². The molecular weight excluding hydrogens is 332 g/mol. The normalized spacial score (nSPS) is 11.6. The summed E-state index contributed by atoms with van der Waals surface area (Å²) >= 11 is 0. The molecule has 0 atom stereocenters. The number of rotatable bonds is 2. The standard InChI is InChI=1S/C11H12F4N4O2.ClH/c1-19(9(18-16)17-10(20)21)5-6-2-3-8(12)7(4-6)11(13,14)15;/h2-4H,5,16H2,1H3,(H,17,18)(H,20,21);1H. The Morgan fingerprint density at radius 1 is 1.45 bits per heavy atom. The van der Waals surface area contributed by atoms with E-state index in [0.29, 0.717) is 12.1 Å². The lowest BCUT2D eigenvalue weighted by molar-refractivity contribution is -0.140. The van der Waals surface area contributed by atoms with Crippen LogP contribution in [0.1, 0.15) is 11.1 Å². The van der Waals surface area contributed by atoms with Crippen LogP contribution in [0.5, 0.6) is 0 Å². The molecule has 4 N–H and O–H groups in total. The maximum Gasteiger partial charge on any atom is 0.419 e. The van der Waals surface area contributed by atoms with Crippen molar-refractivity contribution in [1.82, 2.24) is 10.2 Å². The van der Waals surface area contributed by atoms with E-state index in [-0.39, 0.29) is 30.5 Å². The van der Waals surface area contributed by atoms with Gasteiger partial charge in [0.05, 0.1) is 5.56 Å². The molecule has 0 aliphatic heterocycles. The van der Waals surface area contributed by atoms with Crippen LogP contribution in [0.4, 0.5) is 22.4 Å².